The summed E-state index contributed by atoms with van der Waals surface area (Å²) >= 11 is 0. The lowest BCUT2D eigenvalue weighted by atomic mass is 10.1. The number of carboxylic acid groups (broad SMARTS) is 1. The summed E-state index contributed by atoms with van der Waals surface area (Å²) in [5.74, 6) is -1.53. The number of hydrogen-bond acceptors (Lipinski definition) is 2. The van der Waals surface area contributed by atoms with Gasteiger partial charge in [0.1, 0.15) is 5.75 Å². The van der Waals surface area contributed by atoms with Gasteiger partial charge in [-0.2, -0.15) is 0 Å². The van der Waals surface area contributed by atoms with Crippen molar-refractivity contribution in [2.24, 2.45) is 0 Å². The zero-order chi connectivity index (χ0) is 13.8. The topological polar surface area (TPSA) is 46.5 Å². The highest BCUT2D eigenvalue weighted by Crippen LogP contribution is 2.25. The van der Waals surface area contributed by atoms with E-state index in [2.05, 4.69) is 4.74 Å². The van der Waals surface area contributed by atoms with E-state index in [9.17, 15) is 18.0 Å². The minimum Gasteiger partial charge on any atom is -0.478 e. The van der Waals surface area contributed by atoms with Crippen LogP contribution in [0.15, 0.2) is 24.3 Å². The van der Waals surface area contributed by atoms with Crippen LogP contribution in [0.3, 0.4) is 0 Å². The van der Waals surface area contributed by atoms with Gasteiger partial charge in [0, 0.05) is 6.08 Å². The van der Waals surface area contributed by atoms with Gasteiger partial charge in [0.2, 0.25) is 0 Å². The number of aliphatic carboxylic acids is 1. The van der Waals surface area contributed by atoms with Crippen molar-refractivity contribution in [3.8, 4) is 5.75 Å². The minimum absolute atomic E-state index is 0.344. The Morgan fingerprint density at radius 1 is 1.39 bits per heavy atom. The standard InChI is InChI=1S/C12H11F3O3/c1-2-8-5-9(3-4-11(16)17)7-10(6-8)18-12(13,14)15/h3-7H,2H2,1H3,(H,16,17)/b4-3+. The average Bonchev–Trinajstić information content (AvgIpc) is 2.23. The van der Waals surface area contributed by atoms with Gasteiger partial charge >= 0.3 is 12.3 Å². The number of ether oxygens (including phenoxy) is 1. The van der Waals surface area contributed by atoms with Gasteiger partial charge in [0.05, 0.1) is 0 Å². The summed E-state index contributed by atoms with van der Waals surface area (Å²) in [5, 5.41) is 8.46. The van der Waals surface area contributed by atoms with Crippen LogP contribution in [0, 0.1) is 0 Å². The lowest BCUT2D eigenvalue weighted by molar-refractivity contribution is -0.274. The van der Waals surface area contributed by atoms with Gasteiger partial charge < -0.3 is 9.84 Å². The molecule has 0 amide bonds. The highest BCUT2D eigenvalue weighted by molar-refractivity contribution is 5.85. The Kier molecular flexibility index (Phi) is 4.36. The van der Waals surface area contributed by atoms with Crippen LogP contribution < -0.4 is 4.74 Å². The van der Waals surface area contributed by atoms with E-state index in [0.29, 0.717) is 17.5 Å². The van der Waals surface area contributed by atoms with Crippen molar-refractivity contribution >= 4 is 12.0 Å². The minimum atomic E-state index is -4.76. The summed E-state index contributed by atoms with van der Waals surface area (Å²) < 4.78 is 40.1. The van der Waals surface area contributed by atoms with Crippen molar-refractivity contribution in [3.63, 3.8) is 0 Å². The Labute approximate surface area is 101 Å². The number of halogens is 3. The summed E-state index contributed by atoms with van der Waals surface area (Å²) in [5.41, 5.74) is 0.970. The molecule has 6 heteroatoms. The van der Waals surface area contributed by atoms with E-state index in [1.807, 2.05) is 0 Å². The highest BCUT2D eigenvalue weighted by atomic mass is 19.4. The maximum Gasteiger partial charge on any atom is 0.573 e. The third-order valence-electron chi connectivity index (χ3n) is 2.05. The molecule has 0 saturated carbocycles. The van der Waals surface area contributed by atoms with Gasteiger partial charge in [-0.05, 0) is 35.8 Å². The van der Waals surface area contributed by atoms with Crippen molar-refractivity contribution in [2.75, 3.05) is 0 Å². The molecule has 0 saturated heterocycles. The zero-order valence-corrected chi connectivity index (χ0v) is 9.49. The first-order chi connectivity index (χ1) is 8.30. The molecule has 3 nitrogen and oxygen atoms in total. The summed E-state index contributed by atoms with van der Waals surface area (Å²) in [6, 6.07) is 4.00. The molecular formula is C12H11F3O3. The first-order valence-electron chi connectivity index (χ1n) is 5.11. The lowest BCUT2D eigenvalue weighted by Gasteiger charge is -2.10. The molecule has 18 heavy (non-hydrogen) atoms. The Morgan fingerprint density at radius 3 is 2.56 bits per heavy atom. The van der Waals surface area contributed by atoms with Gasteiger partial charge in [-0.3, -0.25) is 0 Å². The van der Waals surface area contributed by atoms with Crippen LogP contribution in [0.25, 0.3) is 6.08 Å². The molecule has 0 unspecified atom stereocenters. The number of aryl methyl sites for hydroxylation is 1. The van der Waals surface area contributed by atoms with Crippen molar-refractivity contribution < 1.29 is 27.8 Å². The molecule has 0 bridgehead atoms. The van der Waals surface area contributed by atoms with E-state index in [4.69, 9.17) is 5.11 Å². The summed E-state index contributed by atoms with van der Waals surface area (Å²) in [4.78, 5) is 10.3. The molecule has 98 valence electrons. The van der Waals surface area contributed by atoms with Crippen LogP contribution in [-0.4, -0.2) is 17.4 Å². The third kappa shape index (κ3) is 4.90. The highest BCUT2D eigenvalue weighted by Gasteiger charge is 2.31. The Balaban J connectivity index is 3.05. The Bertz CT molecular complexity index is 464. The second-order valence-electron chi connectivity index (χ2n) is 3.48. The largest absolute Gasteiger partial charge is 0.573 e. The predicted molar refractivity (Wildman–Crippen MR) is 59.2 cm³/mol. The first-order valence-corrected chi connectivity index (χ1v) is 5.11. The van der Waals surface area contributed by atoms with E-state index in [0.717, 1.165) is 12.1 Å². The SMILES string of the molecule is CCc1cc(/C=C/C(=O)O)cc(OC(F)(F)F)c1. The second kappa shape index (κ2) is 5.57. The van der Waals surface area contributed by atoms with Gasteiger partial charge in [-0.25, -0.2) is 4.79 Å². The van der Waals surface area contributed by atoms with Crippen LogP contribution >= 0.6 is 0 Å². The maximum absolute atomic E-state index is 12.1. The zero-order valence-electron chi connectivity index (χ0n) is 9.49. The Morgan fingerprint density at radius 2 is 2.06 bits per heavy atom. The fourth-order valence-corrected chi connectivity index (χ4v) is 1.35. The van der Waals surface area contributed by atoms with Gasteiger partial charge in [0.25, 0.3) is 0 Å². The molecule has 0 atom stereocenters. The molecule has 0 spiro atoms. The van der Waals surface area contributed by atoms with Gasteiger partial charge in [-0.1, -0.05) is 13.0 Å². The van der Waals surface area contributed by atoms with Crippen molar-refractivity contribution in [2.45, 2.75) is 19.7 Å². The van der Waals surface area contributed by atoms with Crippen LogP contribution in [-0.2, 0) is 11.2 Å². The molecule has 1 N–H and O–H groups in total. The van der Waals surface area contributed by atoms with E-state index < -0.39 is 12.3 Å². The fraction of sp³-hybridized carbons (Fsp3) is 0.250. The van der Waals surface area contributed by atoms with E-state index in [1.54, 1.807) is 13.0 Å². The van der Waals surface area contributed by atoms with Gasteiger partial charge in [-0.15, -0.1) is 13.2 Å². The van der Waals surface area contributed by atoms with E-state index in [-0.39, 0.29) is 5.75 Å². The number of hydrogen-bond donors (Lipinski definition) is 1. The summed E-state index contributed by atoms with van der Waals surface area (Å²) in [6.45, 7) is 1.78. The number of rotatable bonds is 4. The lowest BCUT2D eigenvalue weighted by Crippen LogP contribution is -2.17. The number of carboxylic acids is 1. The molecule has 0 aromatic heterocycles. The second-order valence-corrected chi connectivity index (χ2v) is 3.48. The van der Waals surface area contributed by atoms with Crippen molar-refractivity contribution in [1.29, 1.82) is 0 Å². The first kappa shape index (κ1) is 14.1. The molecule has 0 aliphatic heterocycles. The van der Waals surface area contributed by atoms with E-state index in [1.165, 1.54) is 12.1 Å². The third-order valence-corrected chi connectivity index (χ3v) is 2.05. The molecule has 0 aliphatic carbocycles. The number of benzene rings is 1. The van der Waals surface area contributed by atoms with Crippen molar-refractivity contribution in [1.82, 2.24) is 0 Å². The quantitative estimate of drug-likeness (QED) is 0.845. The van der Waals surface area contributed by atoms with Crippen LogP contribution in [0.2, 0.25) is 0 Å². The predicted octanol–water partition coefficient (Wildman–Crippen LogP) is 3.25. The monoisotopic (exact) mass is 260 g/mol. The smallest absolute Gasteiger partial charge is 0.478 e. The molecule has 0 aliphatic rings. The molecule has 1 aromatic rings. The molecular weight excluding hydrogens is 249 g/mol. The number of carbonyl (C=O) groups is 1. The summed E-state index contributed by atoms with van der Waals surface area (Å²) in [6.07, 6.45) is -2.18. The molecule has 0 fully saturated rings. The fourth-order valence-electron chi connectivity index (χ4n) is 1.35. The number of alkyl halides is 3. The van der Waals surface area contributed by atoms with Gasteiger partial charge in [0.15, 0.2) is 0 Å². The molecule has 1 aromatic carbocycles. The molecule has 0 radical (unpaired) electrons. The van der Waals surface area contributed by atoms with Crippen LogP contribution in [0.1, 0.15) is 18.1 Å². The van der Waals surface area contributed by atoms with E-state index >= 15 is 0 Å². The Hall–Kier alpha value is -1.98. The molecule has 0 heterocycles. The molecule has 1 rings (SSSR count). The normalized spacial score (nSPS) is 11.8. The van der Waals surface area contributed by atoms with Crippen molar-refractivity contribution in [3.05, 3.63) is 35.4 Å². The summed E-state index contributed by atoms with van der Waals surface area (Å²) in [7, 11) is 0. The average molecular weight is 260 g/mol. The van der Waals surface area contributed by atoms with Crippen LogP contribution in [0.5, 0.6) is 5.75 Å². The maximum atomic E-state index is 12.1. The van der Waals surface area contributed by atoms with Crippen LogP contribution in [0.4, 0.5) is 13.2 Å².